The molecular weight excluding hydrogens is 166 g/mol. The standard InChI is InChI=1S/C6H13NO5/c8-1-2-12-6(11)7-5(3-9)4-10/h5,8-10H,1-4H2,(H,7,11). The minimum Gasteiger partial charge on any atom is -0.447 e. The smallest absolute Gasteiger partial charge is 0.407 e. The van der Waals surface area contributed by atoms with Crippen molar-refractivity contribution in [3.63, 3.8) is 0 Å². The predicted molar refractivity (Wildman–Crippen MR) is 39.5 cm³/mol. The lowest BCUT2D eigenvalue weighted by atomic mass is 10.3. The van der Waals surface area contributed by atoms with E-state index in [9.17, 15) is 4.79 Å². The lowest BCUT2D eigenvalue weighted by Crippen LogP contribution is -2.40. The lowest BCUT2D eigenvalue weighted by Gasteiger charge is -2.12. The summed E-state index contributed by atoms with van der Waals surface area (Å²) in [6, 6.07) is -0.712. The van der Waals surface area contributed by atoms with Gasteiger partial charge in [-0.05, 0) is 0 Å². The van der Waals surface area contributed by atoms with Crippen LogP contribution in [0.25, 0.3) is 0 Å². The third-order valence-electron chi connectivity index (χ3n) is 1.09. The number of carbonyl (C=O) groups excluding carboxylic acids is 1. The van der Waals surface area contributed by atoms with Crippen LogP contribution in [0.15, 0.2) is 0 Å². The van der Waals surface area contributed by atoms with Gasteiger partial charge in [0.05, 0.1) is 25.9 Å². The van der Waals surface area contributed by atoms with Crippen LogP contribution in [-0.2, 0) is 4.74 Å². The lowest BCUT2D eigenvalue weighted by molar-refractivity contribution is 0.104. The maximum Gasteiger partial charge on any atom is 0.407 e. The van der Waals surface area contributed by atoms with Gasteiger partial charge in [-0.1, -0.05) is 0 Å². The Kier molecular flexibility index (Phi) is 6.35. The van der Waals surface area contributed by atoms with E-state index in [1.165, 1.54) is 0 Å². The molecule has 0 aromatic rings. The number of alkyl carbamates (subject to hydrolysis) is 1. The first-order valence-electron chi connectivity index (χ1n) is 3.50. The van der Waals surface area contributed by atoms with E-state index in [1.807, 2.05) is 0 Å². The van der Waals surface area contributed by atoms with Crippen molar-refractivity contribution in [2.75, 3.05) is 26.4 Å². The monoisotopic (exact) mass is 179 g/mol. The average Bonchev–Trinajstić information content (AvgIpc) is 2.10. The summed E-state index contributed by atoms with van der Waals surface area (Å²) in [6.45, 7) is -1.07. The van der Waals surface area contributed by atoms with E-state index in [1.54, 1.807) is 0 Å². The number of nitrogens with one attached hydrogen (secondary N) is 1. The molecule has 0 aromatic heterocycles. The normalized spacial score (nSPS) is 10.0. The molecule has 0 radical (unpaired) electrons. The number of hydrogen-bond donors (Lipinski definition) is 4. The van der Waals surface area contributed by atoms with Crippen LogP contribution >= 0.6 is 0 Å². The minimum absolute atomic E-state index is 0.102. The molecule has 0 fully saturated rings. The number of aliphatic hydroxyl groups excluding tert-OH is 3. The van der Waals surface area contributed by atoms with E-state index >= 15 is 0 Å². The Morgan fingerprint density at radius 3 is 2.33 bits per heavy atom. The number of amides is 1. The summed E-state index contributed by atoms with van der Waals surface area (Å²) in [6.07, 6.45) is -0.767. The number of hydrogen-bond acceptors (Lipinski definition) is 5. The molecule has 1 amide bonds. The second kappa shape index (κ2) is 6.84. The van der Waals surface area contributed by atoms with Gasteiger partial charge in [-0.25, -0.2) is 4.79 Å². The van der Waals surface area contributed by atoms with Crippen LogP contribution in [0.3, 0.4) is 0 Å². The molecule has 0 saturated carbocycles. The molecule has 0 unspecified atom stereocenters. The molecule has 4 N–H and O–H groups in total. The molecule has 12 heavy (non-hydrogen) atoms. The van der Waals surface area contributed by atoms with Gasteiger partial charge in [0.2, 0.25) is 0 Å². The van der Waals surface area contributed by atoms with E-state index in [4.69, 9.17) is 15.3 Å². The molecule has 0 spiro atoms. The van der Waals surface area contributed by atoms with Gasteiger partial charge in [0.15, 0.2) is 0 Å². The molecule has 6 heteroatoms. The zero-order valence-electron chi connectivity index (χ0n) is 6.56. The first-order valence-corrected chi connectivity index (χ1v) is 3.50. The Morgan fingerprint density at radius 1 is 1.33 bits per heavy atom. The summed E-state index contributed by atoms with van der Waals surface area (Å²) >= 11 is 0. The Hall–Kier alpha value is -0.850. The maximum atomic E-state index is 10.7. The van der Waals surface area contributed by atoms with Crippen molar-refractivity contribution in [3.05, 3.63) is 0 Å². The van der Waals surface area contributed by atoms with Crippen LogP contribution in [0.2, 0.25) is 0 Å². The van der Waals surface area contributed by atoms with Crippen molar-refractivity contribution in [1.29, 1.82) is 0 Å². The molecule has 0 atom stereocenters. The van der Waals surface area contributed by atoms with Gasteiger partial charge in [0, 0.05) is 0 Å². The number of ether oxygens (including phenoxy) is 1. The van der Waals surface area contributed by atoms with Crippen LogP contribution < -0.4 is 5.32 Å². The Morgan fingerprint density at radius 2 is 1.92 bits per heavy atom. The maximum absolute atomic E-state index is 10.7. The third kappa shape index (κ3) is 4.89. The highest BCUT2D eigenvalue weighted by molar-refractivity contribution is 5.67. The van der Waals surface area contributed by atoms with E-state index < -0.39 is 12.1 Å². The molecular formula is C6H13NO5. The largest absolute Gasteiger partial charge is 0.447 e. The molecule has 0 saturated heterocycles. The van der Waals surface area contributed by atoms with Crippen molar-refractivity contribution in [2.24, 2.45) is 0 Å². The van der Waals surface area contributed by atoms with Crippen LogP contribution in [-0.4, -0.2) is 53.9 Å². The quantitative estimate of drug-likeness (QED) is 0.393. The minimum atomic E-state index is -0.767. The van der Waals surface area contributed by atoms with Crippen LogP contribution in [0.4, 0.5) is 4.79 Å². The van der Waals surface area contributed by atoms with Crippen molar-refractivity contribution in [1.82, 2.24) is 5.32 Å². The molecule has 0 heterocycles. The van der Waals surface area contributed by atoms with E-state index in [2.05, 4.69) is 10.1 Å². The third-order valence-corrected chi connectivity index (χ3v) is 1.09. The van der Waals surface area contributed by atoms with Gasteiger partial charge in [-0.15, -0.1) is 0 Å². The van der Waals surface area contributed by atoms with Crippen LogP contribution in [0.5, 0.6) is 0 Å². The van der Waals surface area contributed by atoms with Crippen molar-refractivity contribution >= 4 is 6.09 Å². The number of carbonyl (C=O) groups is 1. The highest BCUT2D eigenvalue weighted by atomic mass is 16.6. The summed E-state index contributed by atoms with van der Waals surface area (Å²) < 4.78 is 4.40. The van der Waals surface area contributed by atoms with E-state index in [0.717, 1.165) is 0 Å². The summed E-state index contributed by atoms with van der Waals surface area (Å²) in [5.74, 6) is 0. The fourth-order valence-electron chi connectivity index (χ4n) is 0.496. The molecule has 6 nitrogen and oxygen atoms in total. The molecule has 0 aliphatic carbocycles. The second-order valence-electron chi connectivity index (χ2n) is 2.07. The topological polar surface area (TPSA) is 99.0 Å². The van der Waals surface area contributed by atoms with Crippen molar-refractivity contribution < 1.29 is 24.9 Å². The van der Waals surface area contributed by atoms with Gasteiger partial charge >= 0.3 is 6.09 Å². The summed E-state index contributed by atoms with van der Waals surface area (Å²) in [7, 11) is 0. The Balaban J connectivity index is 3.52. The predicted octanol–water partition coefficient (Wildman–Crippen LogP) is -1.94. The SMILES string of the molecule is O=C(NC(CO)CO)OCCO. The summed E-state index contributed by atoms with van der Waals surface area (Å²) in [4.78, 5) is 10.7. The van der Waals surface area contributed by atoms with Gasteiger partial charge < -0.3 is 25.4 Å². The highest BCUT2D eigenvalue weighted by Crippen LogP contribution is 1.83. The molecule has 0 rings (SSSR count). The molecule has 0 aliphatic rings. The van der Waals surface area contributed by atoms with Crippen LogP contribution in [0, 0.1) is 0 Å². The van der Waals surface area contributed by atoms with Gasteiger partial charge in [0.1, 0.15) is 6.61 Å². The van der Waals surface area contributed by atoms with E-state index in [-0.39, 0.29) is 26.4 Å². The zero-order chi connectivity index (χ0) is 9.40. The first-order chi connectivity index (χ1) is 5.74. The molecule has 72 valence electrons. The first kappa shape index (κ1) is 11.2. The fourth-order valence-corrected chi connectivity index (χ4v) is 0.496. The van der Waals surface area contributed by atoms with Gasteiger partial charge in [-0.3, -0.25) is 0 Å². The molecule has 0 bridgehead atoms. The highest BCUT2D eigenvalue weighted by Gasteiger charge is 2.09. The van der Waals surface area contributed by atoms with Crippen molar-refractivity contribution in [2.45, 2.75) is 6.04 Å². The van der Waals surface area contributed by atoms with Crippen LogP contribution in [0.1, 0.15) is 0 Å². The van der Waals surface area contributed by atoms with Gasteiger partial charge in [0.25, 0.3) is 0 Å². The number of rotatable bonds is 5. The van der Waals surface area contributed by atoms with E-state index in [0.29, 0.717) is 0 Å². The Bertz CT molecular complexity index is 125. The summed E-state index contributed by atoms with van der Waals surface area (Å²) in [5, 5.41) is 27.5. The zero-order valence-corrected chi connectivity index (χ0v) is 6.56. The Labute approximate surface area is 69.8 Å². The number of aliphatic hydroxyl groups is 3. The molecule has 0 aromatic carbocycles. The van der Waals surface area contributed by atoms with Gasteiger partial charge in [-0.2, -0.15) is 0 Å². The second-order valence-corrected chi connectivity index (χ2v) is 2.07. The average molecular weight is 179 g/mol. The fraction of sp³-hybridized carbons (Fsp3) is 0.833. The summed E-state index contributed by atoms with van der Waals surface area (Å²) in [5.41, 5.74) is 0. The molecule has 0 aliphatic heterocycles. The van der Waals surface area contributed by atoms with Crippen molar-refractivity contribution in [3.8, 4) is 0 Å².